The summed E-state index contributed by atoms with van der Waals surface area (Å²) in [5.74, 6) is 0. The second-order valence-electron chi connectivity index (χ2n) is 5.98. The minimum Gasteiger partial charge on any atom is -0.389 e. The van der Waals surface area contributed by atoms with Crippen molar-refractivity contribution >= 4 is 0 Å². The summed E-state index contributed by atoms with van der Waals surface area (Å²) >= 11 is 0. The zero-order valence-electron chi connectivity index (χ0n) is 12.1. The molecule has 1 saturated heterocycles. The molecule has 1 saturated carbocycles. The quantitative estimate of drug-likeness (QED) is 0.248. The summed E-state index contributed by atoms with van der Waals surface area (Å²) in [5, 5.41) is 39.6. The van der Waals surface area contributed by atoms with Gasteiger partial charge in [0.25, 0.3) is 0 Å². The Bertz CT molecular complexity index is 376. The predicted octanol–water partition coefficient (Wildman–Crippen LogP) is -5.12. The number of aliphatic hydroxyl groups is 4. The monoisotopic (exact) mass is 322 g/mol. The van der Waals surface area contributed by atoms with Gasteiger partial charge in [-0.15, -0.1) is 0 Å². The molecule has 0 spiro atoms. The second kappa shape index (κ2) is 7.01. The molecule has 0 aromatic heterocycles. The van der Waals surface area contributed by atoms with Crippen LogP contribution in [-0.2, 0) is 9.47 Å². The first kappa shape index (κ1) is 17.9. The van der Waals surface area contributed by atoms with Crippen LogP contribution >= 0.6 is 0 Å². The maximum atomic E-state index is 10.1. The molecule has 2 aliphatic rings. The Morgan fingerprint density at radius 2 is 1.55 bits per heavy atom. The van der Waals surface area contributed by atoms with Crippen LogP contribution in [0, 0.1) is 0 Å². The van der Waals surface area contributed by atoms with Gasteiger partial charge in [-0.3, -0.25) is 0 Å². The summed E-state index contributed by atoms with van der Waals surface area (Å²) in [6, 6.07) is -2.34. The fourth-order valence-electron chi connectivity index (χ4n) is 2.89. The highest BCUT2D eigenvalue weighted by Gasteiger charge is 2.47. The summed E-state index contributed by atoms with van der Waals surface area (Å²) in [6.45, 7) is -0.0441. The number of rotatable bonds is 3. The van der Waals surface area contributed by atoms with E-state index < -0.39 is 61.0 Å². The van der Waals surface area contributed by atoms with E-state index in [-0.39, 0.29) is 13.0 Å². The Kier molecular flexibility index (Phi) is 5.72. The average Bonchev–Trinajstić information content (AvgIpc) is 2.49. The molecule has 0 radical (unpaired) electrons. The number of nitrogens with two attached hydrogens (primary N) is 4. The molecule has 10 nitrogen and oxygen atoms in total. The third-order valence-electron chi connectivity index (χ3n) is 4.36. The maximum Gasteiger partial charge on any atom is 0.176 e. The van der Waals surface area contributed by atoms with E-state index in [0.29, 0.717) is 0 Å². The average molecular weight is 322 g/mol. The standard InChI is InChI=1S/C12H26N4O6/c13-2-5-8(18)9(19)6(16)12(21-5)22-11-4(15)1-3(14)7(17)10(11)20/h3-12,17-20H,1-2,13-16H2/t3?,4?,5?,6?,7?,8?,9-,10-,11?,12?/m1/s1. The molecule has 12 N–H and O–H groups in total. The lowest BCUT2D eigenvalue weighted by Crippen LogP contribution is -2.67. The molecule has 1 aliphatic heterocycles. The van der Waals surface area contributed by atoms with E-state index in [1.807, 2.05) is 0 Å². The van der Waals surface area contributed by atoms with Gasteiger partial charge in [0.2, 0.25) is 0 Å². The molecule has 1 heterocycles. The highest BCUT2D eigenvalue weighted by atomic mass is 16.7. The summed E-state index contributed by atoms with van der Waals surface area (Å²) in [5.41, 5.74) is 22.8. The summed E-state index contributed by atoms with van der Waals surface area (Å²) < 4.78 is 11.0. The lowest BCUT2D eigenvalue weighted by atomic mass is 9.84. The zero-order valence-corrected chi connectivity index (χ0v) is 12.1. The number of hydrogen-bond donors (Lipinski definition) is 8. The maximum absolute atomic E-state index is 10.1. The van der Waals surface area contributed by atoms with Crippen molar-refractivity contribution in [2.75, 3.05) is 6.54 Å². The third kappa shape index (κ3) is 3.26. The fraction of sp³-hybridized carbons (Fsp3) is 1.00. The normalized spacial score (nSPS) is 53.5. The first-order valence-electron chi connectivity index (χ1n) is 7.28. The smallest absolute Gasteiger partial charge is 0.176 e. The van der Waals surface area contributed by atoms with Crippen molar-refractivity contribution in [1.82, 2.24) is 0 Å². The molecule has 0 aromatic rings. The highest BCUT2D eigenvalue weighted by Crippen LogP contribution is 2.26. The van der Waals surface area contributed by atoms with Crippen LogP contribution in [0.25, 0.3) is 0 Å². The van der Waals surface area contributed by atoms with Gasteiger partial charge < -0.3 is 52.8 Å². The van der Waals surface area contributed by atoms with Crippen LogP contribution in [0.3, 0.4) is 0 Å². The van der Waals surface area contributed by atoms with Crippen molar-refractivity contribution in [3.63, 3.8) is 0 Å². The first-order chi connectivity index (χ1) is 10.3. The Labute approximate surface area is 128 Å². The van der Waals surface area contributed by atoms with Crippen LogP contribution in [0.15, 0.2) is 0 Å². The van der Waals surface area contributed by atoms with Gasteiger partial charge in [-0.25, -0.2) is 0 Å². The molecule has 1 aliphatic carbocycles. The van der Waals surface area contributed by atoms with Gasteiger partial charge in [0.05, 0.1) is 12.1 Å². The van der Waals surface area contributed by atoms with Gasteiger partial charge in [0.1, 0.15) is 30.5 Å². The van der Waals surface area contributed by atoms with E-state index in [9.17, 15) is 20.4 Å². The van der Waals surface area contributed by atoms with Crippen molar-refractivity contribution in [3.8, 4) is 0 Å². The van der Waals surface area contributed by atoms with Crippen LogP contribution < -0.4 is 22.9 Å². The van der Waals surface area contributed by atoms with E-state index >= 15 is 0 Å². The van der Waals surface area contributed by atoms with Crippen molar-refractivity contribution in [2.45, 2.75) is 67.5 Å². The molecule has 2 rings (SSSR count). The third-order valence-corrected chi connectivity index (χ3v) is 4.36. The van der Waals surface area contributed by atoms with E-state index in [1.54, 1.807) is 0 Å². The molecule has 0 aromatic carbocycles. The lowest BCUT2D eigenvalue weighted by Gasteiger charge is -2.45. The molecule has 0 bridgehead atoms. The molecule has 10 atom stereocenters. The molecule has 10 heteroatoms. The van der Waals surface area contributed by atoms with Gasteiger partial charge in [0, 0.05) is 18.6 Å². The molecule has 0 amide bonds. The Morgan fingerprint density at radius 1 is 0.909 bits per heavy atom. The van der Waals surface area contributed by atoms with Crippen LogP contribution in [0.2, 0.25) is 0 Å². The SMILES string of the molecule is NCC1OC(OC2C(N)CC(N)C(O)[C@H]2O)C(N)[C@@H](O)C1O. The summed E-state index contributed by atoms with van der Waals surface area (Å²) in [7, 11) is 0. The van der Waals surface area contributed by atoms with Gasteiger partial charge in [-0.2, -0.15) is 0 Å². The Hall–Kier alpha value is -0.400. The van der Waals surface area contributed by atoms with Crippen molar-refractivity contribution in [1.29, 1.82) is 0 Å². The van der Waals surface area contributed by atoms with Crippen molar-refractivity contribution in [2.24, 2.45) is 22.9 Å². The Balaban J connectivity index is 2.08. The molecule has 8 unspecified atom stereocenters. The topological polar surface area (TPSA) is 203 Å². The number of hydrogen-bond acceptors (Lipinski definition) is 10. The van der Waals surface area contributed by atoms with Gasteiger partial charge >= 0.3 is 0 Å². The van der Waals surface area contributed by atoms with Gasteiger partial charge in [0.15, 0.2) is 6.29 Å². The lowest BCUT2D eigenvalue weighted by molar-refractivity contribution is -0.287. The van der Waals surface area contributed by atoms with Crippen molar-refractivity contribution in [3.05, 3.63) is 0 Å². The van der Waals surface area contributed by atoms with Crippen LogP contribution in [0.5, 0.6) is 0 Å². The van der Waals surface area contributed by atoms with Crippen LogP contribution in [0.4, 0.5) is 0 Å². The predicted molar refractivity (Wildman–Crippen MR) is 75.2 cm³/mol. The van der Waals surface area contributed by atoms with E-state index in [4.69, 9.17) is 32.4 Å². The van der Waals surface area contributed by atoms with Crippen molar-refractivity contribution < 1.29 is 29.9 Å². The molecular formula is C12H26N4O6. The van der Waals surface area contributed by atoms with Gasteiger partial charge in [-0.05, 0) is 6.42 Å². The second-order valence-corrected chi connectivity index (χ2v) is 5.98. The van der Waals surface area contributed by atoms with E-state index in [1.165, 1.54) is 0 Å². The molecule has 22 heavy (non-hydrogen) atoms. The molecular weight excluding hydrogens is 296 g/mol. The summed E-state index contributed by atoms with van der Waals surface area (Å²) in [6.07, 6.45) is -7.73. The highest BCUT2D eigenvalue weighted by molar-refractivity contribution is 4.99. The largest absolute Gasteiger partial charge is 0.389 e. The number of aliphatic hydroxyl groups excluding tert-OH is 4. The minimum atomic E-state index is -1.31. The van der Waals surface area contributed by atoms with Gasteiger partial charge in [-0.1, -0.05) is 0 Å². The zero-order chi connectivity index (χ0) is 16.6. The first-order valence-corrected chi connectivity index (χ1v) is 7.28. The fourth-order valence-corrected chi connectivity index (χ4v) is 2.89. The number of ether oxygens (including phenoxy) is 2. The van der Waals surface area contributed by atoms with Crippen LogP contribution in [0.1, 0.15) is 6.42 Å². The van der Waals surface area contributed by atoms with E-state index in [2.05, 4.69) is 0 Å². The Morgan fingerprint density at radius 3 is 2.14 bits per heavy atom. The summed E-state index contributed by atoms with van der Waals surface area (Å²) in [4.78, 5) is 0. The van der Waals surface area contributed by atoms with Crippen LogP contribution in [-0.4, -0.2) is 88.0 Å². The molecule has 130 valence electrons. The minimum absolute atomic E-state index is 0.0441. The molecule has 2 fully saturated rings. The van der Waals surface area contributed by atoms with E-state index in [0.717, 1.165) is 0 Å².